The lowest BCUT2D eigenvalue weighted by Gasteiger charge is -2.50. The molecule has 0 aromatic carbocycles. The average molecular weight is 1240 g/mol. The van der Waals surface area contributed by atoms with Crippen molar-refractivity contribution in [1.82, 2.24) is 10.6 Å². The van der Waals surface area contributed by atoms with Gasteiger partial charge in [-0.25, -0.2) is 0 Å². The van der Waals surface area contributed by atoms with Crippen molar-refractivity contribution in [2.75, 3.05) is 46.2 Å². The van der Waals surface area contributed by atoms with Crippen molar-refractivity contribution >= 4 is 11.8 Å². The number of hydrogen-bond donors (Lipinski definition) is 23. The third kappa shape index (κ3) is 15.1. The second kappa shape index (κ2) is 29.9. The van der Waals surface area contributed by atoms with E-state index >= 15 is 0 Å². The number of amides is 2. The highest BCUT2D eigenvalue weighted by Gasteiger charge is 2.57. The van der Waals surface area contributed by atoms with Crippen LogP contribution >= 0.6 is 0 Å². The van der Waals surface area contributed by atoms with Crippen LogP contribution in [0.1, 0.15) is 13.8 Å². The fourth-order valence-electron chi connectivity index (χ4n) is 10.5. The summed E-state index contributed by atoms with van der Waals surface area (Å²) in [6, 6.07) is -3.37. The summed E-state index contributed by atoms with van der Waals surface area (Å²) in [4.78, 5) is 24.6. The molecule has 0 aromatic rings. The average Bonchev–Trinajstić information content (AvgIpc) is 3.21. The van der Waals surface area contributed by atoms with Gasteiger partial charge >= 0.3 is 0 Å². The van der Waals surface area contributed by atoms with E-state index in [0.29, 0.717) is 0 Å². The zero-order valence-corrected chi connectivity index (χ0v) is 44.7. The van der Waals surface area contributed by atoms with Crippen molar-refractivity contribution in [3.8, 4) is 0 Å². The summed E-state index contributed by atoms with van der Waals surface area (Å²) in [7, 11) is 0. The number of nitrogens with one attached hydrogen (secondary N) is 2. The SMILES string of the molecule is CC(=O)N[C@@H]1[C@@H](O)[C@H](O[C@@H]2O[C@H](CO)[C@@H](O[C@@H]3O[C@H](CO[C@H]4O[C@H](CO[C@@H]5O[C@H](CO)[C@@H](O)[C@H](O)[C@@H]5O)[C@@H](O)[C@H](O)[C@@H]4O)[C@@H](O)[C@H](O[C@@H]4O[C@H](CO[C@H]5O[C@H](CO)[C@H](O)[C@H](O)[C@H]5O)[C@@H](O)[C@H](O)[C@@H]4O)[C@@H]3O)[C@H](O)[C@H]2NC(C)=O)[C@@H](CO)O[C@H]1O. The molecule has 0 unspecified atom stereocenters. The molecular formula is C46H78N2O36. The Labute approximate surface area is 475 Å². The molecule has 0 aromatic heterocycles. The number of rotatable bonds is 21. The second-order valence-electron chi connectivity index (χ2n) is 21.2. The predicted octanol–water partition coefficient (Wildman–Crippen LogP) is -16.0. The third-order valence-electron chi connectivity index (χ3n) is 15.3. The number of carbonyl (C=O) groups excluding carboxylic acids is 2. The van der Waals surface area contributed by atoms with Crippen molar-refractivity contribution in [3.63, 3.8) is 0 Å². The van der Waals surface area contributed by atoms with Gasteiger partial charge in [0.15, 0.2) is 44.0 Å². The second-order valence-corrected chi connectivity index (χ2v) is 21.2. The van der Waals surface area contributed by atoms with E-state index in [4.69, 9.17) is 61.6 Å². The number of carbonyl (C=O) groups is 2. The zero-order chi connectivity index (χ0) is 61.9. The predicted molar refractivity (Wildman–Crippen MR) is 255 cm³/mol. The Hall–Kier alpha value is -2.42. The minimum Gasteiger partial charge on any atom is -0.394 e. The molecule has 2 amide bonds. The van der Waals surface area contributed by atoms with E-state index in [9.17, 15) is 117 Å². The van der Waals surface area contributed by atoms with Crippen molar-refractivity contribution in [2.24, 2.45) is 0 Å². The summed E-state index contributed by atoms with van der Waals surface area (Å²) in [5.41, 5.74) is 0. The third-order valence-corrected chi connectivity index (χ3v) is 15.3. The Bertz CT molecular complexity index is 2060. The van der Waals surface area contributed by atoms with E-state index < -0.39 is 273 Å². The maximum Gasteiger partial charge on any atom is 0.217 e. The molecule has 0 saturated carbocycles. The van der Waals surface area contributed by atoms with Crippen LogP contribution < -0.4 is 10.6 Å². The molecule has 7 fully saturated rings. The van der Waals surface area contributed by atoms with Gasteiger partial charge in [-0.2, -0.15) is 0 Å². The van der Waals surface area contributed by atoms with Gasteiger partial charge in [-0.1, -0.05) is 0 Å². The maximum atomic E-state index is 12.7. The van der Waals surface area contributed by atoms with Crippen LogP contribution in [-0.4, -0.2) is 380 Å². The molecule has 488 valence electrons. The largest absolute Gasteiger partial charge is 0.394 e. The van der Waals surface area contributed by atoms with Gasteiger partial charge in [0.2, 0.25) is 11.8 Å². The van der Waals surface area contributed by atoms with Crippen molar-refractivity contribution in [2.45, 2.75) is 229 Å². The molecule has 7 aliphatic rings. The van der Waals surface area contributed by atoms with Crippen LogP contribution in [0.5, 0.6) is 0 Å². The highest BCUT2D eigenvalue weighted by atomic mass is 16.8. The molecule has 38 heteroatoms. The lowest BCUT2D eigenvalue weighted by Crippen LogP contribution is -2.70. The van der Waals surface area contributed by atoms with Gasteiger partial charge in [0, 0.05) is 13.8 Å². The minimum absolute atomic E-state index is 0.738. The molecule has 0 aliphatic carbocycles. The van der Waals surface area contributed by atoms with Gasteiger partial charge in [-0.15, -0.1) is 0 Å². The van der Waals surface area contributed by atoms with Crippen LogP contribution in [0.25, 0.3) is 0 Å². The monoisotopic (exact) mass is 1230 g/mol. The van der Waals surface area contributed by atoms with E-state index in [1.54, 1.807) is 0 Å². The summed E-state index contributed by atoms with van der Waals surface area (Å²) in [6.45, 7) is -4.39. The van der Waals surface area contributed by atoms with Crippen LogP contribution in [0.4, 0.5) is 0 Å². The molecule has 7 saturated heterocycles. The first kappa shape index (κ1) is 69.1. The number of aliphatic hydroxyl groups excluding tert-OH is 21. The summed E-state index contributed by atoms with van der Waals surface area (Å²) in [5.74, 6) is -1.61. The van der Waals surface area contributed by atoms with Crippen LogP contribution in [0, 0.1) is 0 Å². The highest BCUT2D eigenvalue weighted by Crippen LogP contribution is 2.36. The first-order valence-corrected chi connectivity index (χ1v) is 26.6. The smallest absolute Gasteiger partial charge is 0.217 e. The van der Waals surface area contributed by atoms with E-state index in [-0.39, 0.29) is 0 Å². The Morgan fingerprint density at radius 3 is 1.02 bits per heavy atom. The van der Waals surface area contributed by atoms with E-state index in [0.717, 1.165) is 13.8 Å². The van der Waals surface area contributed by atoms with Crippen molar-refractivity contribution in [1.29, 1.82) is 0 Å². The van der Waals surface area contributed by atoms with Crippen LogP contribution in [0.15, 0.2) is 0 Å². The lowest BCUT2D eigenvalue weighted by molar-refractivity contribution is -0.386. The topological polar surface area (TPSA) is 603 Å². The van der Waals surface area contributed by atoms with Gasteiger partial charge in [-0.05, 0) is 0 Å². The van der Waals surface area contributed by atoms with Crippen molar-refractivity contribution in [3.05, 3.63) is 0 Å². The van der Waals surface area contributed by atoms with Gasteiger partial charge in [-0.3, -0.25) is 9.59 Å². The number of aliphatic hydroxyl groups is 21. The molecule has 7 aliphatic heterocycles. The number of hydrogen-bond acceptors (Lipinski definition) is 36. The first-order chi connectivity index (χ1) is 39.7. The zero-order valence-electron chi connectivity index (χ0n) is 44.7. The quantitative estimate of drug-likeness (QED) is 0.0507. The Balaban J connectivity index is 1.13. The first-order valence-electron chi connectivity index (χ1n) is 26.6. The summed E-state index contributed by atoms with van der Waals surface area (Å²) >= 11 is 0. The summed E-state index contributed by atoms with van der Waals surface area (Å²) < 4.78 is 73.8. The summed E-state index contributed by atoms with van der Waals surface area (Å²) in [5, 5.41) is 230. The van der Waals surface area contributed by atoms with Crippen LogP contribution in [0.3, 0.4) is 0 Å². The Kier molecular flexibility index (Phi) is 24.6. The van der Waals surface area contributed by atoms with Gasteiger partial charge in [0.25, 0.3) is 0 Å². The number of ether oxygens (including phenoxy) is 13. The molecular weight excluding hydrogens is 1160 g/mol. The lowest BCUT2D eigenvalue weighted by atomic mass is 9.94. The van der Waals surface area contributed by atoms with E-state index in [2.05, 4.69) is 10.6 Å². The van der Waals surface area contributed by atoms with E-state index in [1.165, 1.54) is 0 Å². The molecule has 0 bridgehead atoms. The van der Waals surface area contributed by atoms with Crippen LogP contribution in [-0.2, 0) is 71.2 Å². The molecule has 0 radical (unpaired) electrons. The molecule has 38 nitrogen and oxygen atoms in total. The maximum absolute atomic E-state index is 12.7. The highest BCUT2D eigenvalue weighted by molar-refractivity contribution is 5.73. The van der Waals surface area contributed by atoms with Crippen molar-refractivity contribution < 1.29 is 178 Å². The molecule has 23 N–H and O–H groups in total. The van der Waals surface area contributed by atoms with Gasteiger partial charge in [0.05, 0.1) is 46.2 Å². The van der Waals surface area contributed by atoms with Crippen LogP contribution in [0.2, 0.25) is 0 Å². The molecule has 7 rings (SSSR count). The Morgan fingerprint density at radius 1 is 0.310 bits per heavy atom. The standard InChI is InChI=1S/C46H78N2O36/c1-10(53)47-19-26(60)37(14(5-51)75-40(19)71)82-41-20(48-11(2)54)27(61)38(15(6-52)78-41)83-46-36(70)39(84-45-35(69)31(65)24(58)17(80-45)8-73-43-33(67)29(63)22(56)13(4-50)77-43)25(59)18(81-46)9-74-44-34(68)30(64)23(57)16(79-44)7-72-42-32(66)28(62)21(55)12(3-49)76-42/h12-46,49-52,55-71H,3-9H2,1-2H3,(H,47,53)(H,48,54)/t12-,13-,14-,15-,16-,17-,18-,19-,20-,21-,22+,23-,24-,25-,26-,27-,28+,29+,30+,31+,32+,33-,34+,35+,36+,37-,38-,39+,40-,41+,42-,43+,44+,45+,46+/m1/s1. The molecule has 35 atom stereocenters. The Morgan fingerprint density at radius 2 is 0.607 bits per heavy atom. The fraction of sp³-hybridized carbons (Fsp3) is 0.957. The fourth-order valence-corrected chi connectivity index (χ4v) is 10.5. The van der Waals surface area contributed by atoms with Gasteiger partial charge < -0.3 is 179 Å². The molecule has 0 spiro atoms. The molecule has 7 heterocycles. The summed E-state index contributed by atoms with van der Waals surface area (Å²) in [6.07, 6.45) is -64.0. The van der Waals surface area contributed by atoms with E-state index in [1.807, 2.05) is 0 Å². The van der Waals surface area contributed by atoms with Gasteiger partial charge in [0.1, 0.15) is 171 Å². The minimum atomic E-state index is -2.37. The molecule has 84 heavy (non-hydrogen) atoms. The normalized spacial score (nSPS) is 50.3.